The molecule has 0 saturated heterocycles. The van der Waals surface area contributed by atoms with Crippen LogP contribution >= 0.6 is 8.58 Å². The van der Waals surface area contributed by atoms with Gasteiger partial charge in [0, 0.05) is 17.7 Å². The minimum Gasteiger partial charge on any atom is -0.508 e. The van der Waals surface area contributed by atoms with Gasteiger partial charge in [-0.25, -0.2) is 4.98 Å². The van der Waals surface area contributed by atoms with Crippen molar-refractivity contribution in [2.75, 3.05) is 13.8 Å². The Bertz CT molecular complexity index is 659. The molecular formula is C17H24NO3P. The van der Waals surface area contributed by atoms with Gasteiger partial charge in [0.15, 0.2) is 11.3 Å². The van der Waals surface area contributed by atoms with Gasteiger partial charge in [0.05, 0.1) is 7.11 Å². The quantitative estimate of drug-likeness (QED) is 0.622. The average Bonchev–Trinajstić information content (AvgIpc) is 2.91. The summed E-state index contributed by atoms with van der Waals surface area (Å²) in [7, 11) is 2.26. The molecule has 0 aliphatic rings. The number of benzene rings is 1. The van der Waals surface area contributed by atoms with E-state index in [4.69, 9.17) is 9.15 Å². The van der Waals surface area contributed by atoms with Crippen molar-refractivity contribution in [2.24, 2.45) is 0 Å². The molecule has 0 fully saturated rings. The Morgan fingerprint density at radius 3 is 2.64 bits per heavy atom. The molecule has 0 saturated carbocycles. The molecule has 120 valence electrons. The van der Waals surface area contributed by atoms with Crippen molar-refractivity contribution in [1.82, 2.24) is 4.98 Å². The van der Waals surface area contributed by atoms with Gasteiger partial charge < -0.3 is 14.3 Å². The molecule has 1 aromatic carbocycles. The number of phenolic OH excluding ortho intramolecular Hbond substituents is 1. The highest BCUT2D eigenvalue weighted by Crippen LogP contribution is 2.33. The molecule has 0 aliphatic carbocycles. The van der Waals surface area contributed by atoms with Gasteiger partial charge in [-0.15, -0.1) is 8.58 Å². The number of allylic oxidation sites excluding steroid dienone is 3. The molecule has 1 unspecified atom stereocenters. The second kappa shape index (κ2) is 9.26. The molecule has 1 atom stereocenters. The van der Waals surface area contributed by atoms with E-state index in [1.54, 1.807) is 6.07 Å². The summed E-state index contributed by atoms with van der Waals surface area (Å²) in [4.78, 5) is 4.38. The molecule has 0 aliphatic heterocycles. The van der Waals surface area contributed by atoms with Crippen LogP contribution in [0.5, 0.6) is 11.5 Å². The number of rotatable bonds is 4. The number of fused-ring (bicyclic) bond motifs is 1. The normalized spacial score (nSPS) is 12.1. The number of phenols is 1. The minimum absolute atomic E-state index is 0.108. The summed E-state index contributed by atoms with van der Waals surface area (Å²) in [6, 6.07) is 3.07. The summed E-state index contributed by atoms with van der Waals surface area (Å²) in [5.41, 5.74) is 2.03. The molecule has 0 bridgehead atoms. The van der Waals surface area contributed by atoms with Crippen molar-refractivity contribution in [3.63, 3.8) is 0 Å². The highest BCUT2D eigenvalue weighted by Gasteiger charge is 2.13. The molecule has 1 N–H and O–H groups in total. The van der Waals surface area contributed by atoms with Crippen molar-refractivity contribution in [3.8, 4) is 11.5 Å². The molecule has 2 rings (SSSR count). The Hall–Kier alpha value is -1.80. The van der Waals surface area contributed by atoms with Crippen molar-refractivity contribution in [1.29, 1.82) is 0 Å². The lowest BCUT2D eigenvalue weighted by atomic mass is 10.2. The molecule has 4 nitrogen and oxygen atoms in total. The number of methoxy groups -OCH3 is 1. The summed E-state index contributed by atoms with van der Waals surface area (Å²) < 4.78 is 10.9. The Morgan fingerprint density at radius 2 is 2.09 bits per heavy atom. The van der Waals surface area contributed by atoms with Crippen LogP contribution in [-0.2, 0) is 0 Å². The molecule has 22 heavy (non-hydrogen) atoms. The van der Waals surface area contributed by atoms with Gasteiger partial charge in [-0.3, -0.25) is 0 Å². The number of hydrogen-bond donors (Lipinski definition) is 1. The van der Waals surface area contributed by atoms with Gasteiger partial charge in [-0.05, 0) is 19.7 Å². The highest BCUT2D eigenvalue weighted by atomic mass is 31.1. The van der Waals surface area contributed by atoms with Crippen molar-refractivity contribution >= 4 is 25.3 Å². The van der Waals surface area contributed by atoms with Crippen LogP contribution in [0.3, 0.4) is 0 Å². The van der Waals surface area contributed by atoms with Crippen LogP contribution in [0.15, 0.2) is 34.5 Å². The van der Waals surface area contributed by atoms with Crippen molar-refractivity contribution in [2.45, 2.75) is 27.2 Å². The fourth-order valence-electron chi connectivity index (χ4n) is 1.73. The first kappa shape index (κ1) is 18.2. The Morgan fingerprint density at radius 1 is 1.41 bits per heavy atom. The van der Waals surface area contributed by atoms with Crippen LogP contribution in [0, 0.1) is 0 Å². The third-order valence-corrected chi connectivity index (χ3v) is 3.15. The maximum atomic E-state index is 9.60. The van der Waals surface area contributed by atoms with Crippen LogP contribution in [0.4, 0.5) is 0 Å². The van der Waals surface area contributed by atoms with Crippen molar-refractivity contribution in [3.05, 3.63) is 36.0 Å². The SMILES string of the molecule is C/C=C(\C=C/PC)c1nc2cc(O)cc(OC)c2o1.CCC. The summed E-state index contributed by atoms with van der Waals surface area (Å²) in [6.45, 7) is 8.28. The Labute approximate surface area is 133 Å². The molecule has 1 heterocycles. The zero-order valence-electron chi connectivity index (χ0n) is 13.8. The fraction of sp³-hybridized carbons (Fsp3) is 0.353. The van der Waals surface area contributed by atoms with Gasteiger partial charge >= 0.3 is 0 Å². The molecule has 5 heteroatoms. The lowest BCUT2D eigenvalue weighted by Crippen LogP contribution is -1.82. The molecule has 0 spiro atoms. The fourth-order valence-corrected chi connectivity index (χ4v) is 2.07. The Kier molecular flexibility index (Phi) is 7.69. The summed E-state index contributed by atoms with van der Waals surface area (Å²) in [5.74, 6) is 3.18. The van der Waals surface area contributed by atoms with E-state index >= 15 is 0 Å². The third kappa shape index (κ3) is 4.60. The number of ether oxygens (including phenoxy) is 1. The van der Waals surface area contributed by atoms with E-state index < -0.39 is 0 Å². The Balaban J connectivity index is 0.000000745. The second-order valence-corrected chi connectivity index (χ2v) is 5.50. The van der Waals surface area contributed by atoms with E-state index in [1.807, 2.05) is 19.1 Å². The van der Waals surface area contributed by atoms with E-state index in [-0.39, 0.29) is 5.75 Å². The van der Waals surface area contributed by atoms with Crippen LogP contribution in [0.2, 0.25) is 0 Å². The van der Waals surface area contributed by atoms with Crippen molar-refractivity contribution < 1.29 is 14.3 Å². The summed E-state index contributed by atoms with van der Waals surface area (Å²) in [5, 5.41) is 9.60. The van der Waals surface area contributed by atoms with Gasteiger partial charge in [-0.2, -0.15) is 0 Å². The average molecular weight is 321 g/mol. The molecule has 2 aromatic rings. The van der Waals surface area contributed by atoms with E-state index in [0.717, 1.165) is 14.2 Å². The smallest absolute Gasteiger partial charge is 0.227 e. The number of nitrogens with zero attached hydrogens (tertiary/aromatic N) is 1. The van der Waals surface area contributed by atoms with Gasteiger partial charge in [-0.1, -0.05) is 32.2 Å². The predicted octanol–water partition coefficient (Wildman–Crippen LogP) is 5.18. The molecule has 1 aromatic heterocycles. The van der Waals surface area contributed by atoms with E-state index in [1.165, 1.54) is 19.6 Å². The van der Waals surface area contributed by atoms with Crippen LogP contribution in [-0.4, -0.2) is 23.9 Å². The minimum atomic E-state index is 0.108. The van der Waals surface area contributed by atoms with Gasteiger partial charge in [0.25, 0.3) is 0 Å². The zero-order valence-corrected chi connectivity index (χ0v) is 14.8. The molecule has 0 amide bonds. The van der Waals surface area contributed by atoms with Crippen LogP contribution in [0.25, 0.3) is 16.7 Å². The van der Waals surface area contributed by atoms with Crippen LogP contribution in [0.1, 0.15) is 33.1 Å². The standard InChI is InChI=1S/C14H16NO3P.C3H8/c1-4-9(5-6-19-3)14-15-11-7-10(16)8-12(17-2)13(11)18-14;1-3-2/h4-8,16,19H,1-3H3;3H2,1-2H3/b6-5-,9-4+;. The lowest BCUT2D eigenvalue weighted by Gasteiger charge is -1.99. The van der Waals surface area contributed by atoms with Crippen LogP contribution < -0.4 is 4.74 Å². The zero-order chi connectivity index (χ0) is 16.5. The number of aromatic hydroxyl groups is 1. The predicted molar refractivity (Wildman–Crippen MR) is 95.2 cm³/mol. The van der Waals surface area contributed by atoms with E-state index in [0.29, 0.717) is 22.7 Å². The lowest BCUT2D eigenvalue weighted by molar-refractivity contribution is 0.403. The first-order valence-electron chi connectivity index (χ1n) is 7.29. The first-order valence-corrected chi connectivity index (χ1v) is 8.86. The monoisotopic (exact) mass is 321 g/mol. The maximum Gasteiger partial charge on any atom is 0.227 e. The van der Waals surface area contributed by atoms with E-state index in [2.05, 4.69) is 31.3 Å². The number of aromatic nitrogens is 1. The maximum absolute atomic E-state index is 9.60. The summed E-state index contributed by atoms with van der Waals surface area (Å²) >= 11 is 0. The number of hydrogen-bond acceptors (Lipinski definition) is 4. The highest BCUT2D eigenvalue weighted by molar-refractivity contribution is 7.40. The van der Waals surface area contributed by atoms with E-state index in [9.17, 15) is 5.11 Å². The van der Waals surface area contributed by atoms with Gasteiger partial charge in [0.1, 0.15) is 11.3 Å². The molecule has 0 radical (unpaired) electrons. The number of oxazole rings is 1. The molecular weight excluding hydrogens is 297 g/mol. The topological polar surface area (TPSA) is 55.5 Å². The second-order valence-electron chi connectivity index (χ2n) is 4.59. The first-order chi connectivity index (χ1) is 10.6. The third-order valence-electron chi connectivity index (χ3n) is 2.65. The largest absolute Gasteiger partial charge is 0.508 e. The summed E-state index contributed by atoms with van der Waals surface area (Å²) in [6.07, 6.45) is 5.17. The van der Waals surface area contributed by atoms with Gasteiger partial charge in [0.2, 0.25) is 5.89 Å².